The monoisotopic (exact) mass is 395 g/mol. The van der Waals surface area contributed by atoms with E-state index < -0.39 is 0 Å². The maximum atomic E-state index is 10.2. The van der Waals surface area contributed by atoms with Gasteiger partial charge in [0, 0.05) is 54.4 Å². The fraction of sp³-hybridized carbons (Fsp3) is 0.318. The normalized spacial score (nSPS) is 14.4. The van der Waals surface area contributed by atoms with Gasteiger partial charge in [0.15, 0.2) is 0 Å². The van der Waals surface area contributed by atoms with Gasteiger partial charge in [-0.15, -0.1) is 0 Å². The second-order valence-corrected chi connectivity index (χ2v) is 8.21. The van der Waals surface area contributed by atoms with Crippen LogP contribution in [0.5, 0.6) is 11.5 Å². The molecule has 1 aliphatic rings. The van der Waals surface area contributed by atoms with Crippen LogP contribution in [0, 0.1) is 5.92 Å². The Kier molecular flexibility index (Phi) is 5.00. The van der Waals surface area contributed by atoms with Crippen molar-refractivity contribution in [3.05, 3.63) is 53.7 Å². The fourth-order valence-electron chi connectivity index (χ4n) is 3.63. The molecule has 0 bridgehead atoms. The van der Waals surface area contributed by atoms with Crippen molar-refractivity contribution in [3.8, 4) is 11.5 Å². The van der Waals surface area contributed by atoms with Gasteiger partial charge in [0.2, 0.25) is 0 Å². The number of phenols is 2. The molecule has 5 nitrogen and oxygen atoms in total. The quantitative estimate of drug-likeness (QED) is 0.488. The minimum absolute atomic E-state index is 0.0271. The molecule has 146 valence electrons. The van der Waals surface area contributed by atoms with Gasteiger partial charge in [-0.25, -0.2) is 0 Å². The van der Waals surface area contributed by atoms with E-state index in [4.69, 9.17) is 12.2 Å². The van der Waals surface area contributed by atoms with Crippen LogP contribution in [0.25, 0.3) is 10.9 Å². The summed E-state index contributed by atoms with van der Waals surface area (Å²) in [4.78, 5) is 0.429. The number of benzene rings is 2. The van der Waals surface area contributed by atoms with Crippen LogP contribution in [0.3, 0.4) is 0 Å². The number of nitrogens with zero attached hydrogens (tertiary/aromatic N) is 1. The standard InChI is InChI=1S/C22H25N3O2S/c1-13(2)17-8-18(21(27)9-20(17)26)22(28)24-16-3-4-19-15(7-16)5-6-25(19)12-14-10-23-11-14/h3-9,13-14,23,26-27H,10-12H2,1-2H3,(H,24,28). The molecule has 0 aliphatic carbocycles. The van der Waals surface area contributed by atoms with E-state index in [1.165, 1.54) is 11.6 Å². The van der Waals surface area contributed by atoms with Crippen LogP contribution < -0.4 is 10.6 Å². The average Bonchev–Trinajstić information content (AvgIpc) is 2.99. The summed E-state index contributed by atoms with van der Waals surface area (Å²) in [5.41, 5.74) is 3.36. The topological polar surface area (TPSA) is 69.5 Å². The highest BCUT2D eigenvalue weighted by Crippen LogP contribution is 2.33. The van der Waals surface area contributed by atoms with Crippen LogP contribution in [0.1, 0.15) is 30.9 Å². The Morgan fingerprint density at radius 1 is 1.18 bits per heavy atom. The van der Waals surface area contributed by atoms with Crippen molar-refractivity contribution in [3.63, 3.8) is 0 Å². The Balaban J connectivity index is 1.56. The predicted molar refractivity (Wildman–Crippen MR) is 117 cm³/mol. The molecular weight excluding hydrogens is 370 g/mol. The minimum atomic E-state index is -0.0271. The molecule has 4 rings (SSSR count). The van der Waals surface area contributed by atoms with Crippen molar-refractivity contribution in [1.29, 1.82) is 0 Å². The lowest BCUT2D eigenvalue weighted by Gasteiger charge is -2.27. The van der Waals surface area contributed by atoms with Gasteiger partial charge in [-0.05, 0) is 41.8 Å². The van der Waals surface area contributed by atoms with Crippen LogP contribution in [-0.4, -0.2) is 32.9 Å². The maximum Gasteiger partial charge on any atom is 0.129 e. The summed E-state index contributed by atoms with van der Waals surface area (Å²) in [5, 5.41) is 28.0. The highest BCUT2D eigenvalue weighted by Gasteiger charge is 2.18. The first-order chi connectivity index (χ1) is 13.4. The molecule has 1 fully saturated rings. The molecule has 6 heteroatoms. The Bertz CT molecular complexity index is 1040. The second kappa shape index (κ2) is 7.45. The first-order valence-electron chi connectivity index (χ1n) is 9.59. The van der Waals surface area contributed by atoms with Crippen molar-refractivity contribution < 1.29 is 10.2 Å². The third-order valence-corrected chi connectivity index (χ3v) is 5.68. The summed E-state index contributed by atoms with van der Waals surface area (Å²) in [5.74, 6) is 0.891. The highest BCUT2D eigenvalue weighted by atomic mass is 32.1. The van der Waals surface area contributed by atoms with E-state index in [0.29, 0.717) is 16.5 Å². The van der Waals surface area contributed by atoms with E-state index in [1.807, 2.05) is 19.9 Å². The number of rotatable bonds is 5. The van der Waals surface area contributed by atoms with Gasteiger partial charge in [-0.2, -0.15) is 0 Å². The van der Waals surface area contributed by atoms with E-state index in [1.54, 1.807) is 6.07 Å². The molecular formula is C22H25N3O2S. The molecule has 2 aromatic carbocycles. The van der Waals surface area contributed by atoms with E-state index in [0.717, 1.165) is 36.3 Å². The number of hydrogen-bond donors (Lipinski definition) is 4. The molecule has 1 saturated heterocycles. The average molecular weight is 396 g/mol. The lowest BCUT2D eigenvalue weighted by molar-refractivity contribution is 0.310. The molecule has 3 aromatic rings. The van der Waals surface area contributed by atoms with E-state index in [2.05, 4.69) is 39.6 Å². The summed E-state index contributed by atoms with van der Waals surface area (Å²) < 4.78 is 2.30. The molecule has 0 unspecified atom stereocenters. The number of thiocarbonyl (C=S) groups is 1. The van der Waals surface area contributed by atoms with Gasteiger partial charge in [0.05, 0.1) is 5.56 Å². The number of aromatic nitrogens is 1. The Labute approximate surface area is 170 Å². The summed E-state index contributed by atoms with van der Waals surface area (Å²) in [6.07, 6.45) is 2.13. The molecule has 0 saturated carbocycles. The zero-order valence-corrected chi connectivity index (χ0v) is 16.9. The number of anilines is 1. The number of hydrogen-bond acceptors (Lipinski definition) is 4. The molecule has 1 aromatic heterocycles. The zero-order valence-electron chi connectivity index (χ0n) is 16.1. The molecule has 0 atom stereocenters. The minimum Gasteiger partial charge on any atom is -0.508 e. The molecule has 2 heterocycles. The van der Waals surface area contributed by atoms with Crippen LogP contribution >= 0.6 is 12.2 Å². The van der Waals surface area contributed by atoms with Gasteiger partial charge >= 0.3 is 0 Å². The summed E-state index contributed by atoms with van der Waals surface area (Å²) in [6, 6.07) is 11.4. The largest absolute Gasteiger partial charge is 0.508 e. The van der Waals surface area contributed by atoms with Crippen LogP contribution in [0.15, 0.2) is 42.6 Å². The Hall–Kier alpha value is -2.57. The van der Waals surface area contributed by atoms with Gasteiger partial charge in [0.1, 0.15) is 16.5 Å². The second-order valence-electron chi connectivity index (χ2n) is 7.80. The van der Waals surface area contributed by atoms with Crippen LogP contribution in [0.4, 0.5) is 5.69 Å². The van der Waals surface area contributed by atoms with E-state index >= 15 is 0 Å². The van der Waals surface area contributed by atoms with Crippen molar-refractivity contribution >= 4 is 33.8 Å². The molecule has 4 N–H and O–H groups in total. The highest BCUT2D eigenvalue weighted by molar-refractivity contribution is 7.81. The fourth-order valence-corrected chi connectivity index (χ4v) is 3.91. The van der Waals surface area contributed by atoms with Crippen LogP contribution in [0.2, 0.25) is 0 Å². The molecule has 0 amide bonds. The van der Waals surface area contributed by atoms with Crippen molar-refractivity contribution in [2.24, 2.45) is 5.92 Å². The molecule has 28 heavy (non-hydrogen) atoms. The third-order valence-electron chi connectivity index (χ3n) is 5.36. The lowest BCUT2D eigenvalue weighted by atomic mass is 9.99. The smallest absolute Gasteiger partial charge is 0.129 e. The van der Waals surface area contributed by atoms with E-state index in [-0.39, 0.29) is 17.4 Å². The van der Waals surface area contributed by atoms with Gasteiger partial charge in [0.25, 0.3) is 0 Å². The van der Waals surface area contributed by atoms with Gasteiger partial charge in [-0.3, -0.25) is 0 Å². The first-order valence-corrected chi connectivity index (χ1v) is 10.00. The first kappa shape index (κ1) is 18.8. The Morgan fingerprint density at radius 2 is 1.96 bits per heavy atom. The Morgan fingerprint density at radius 3 is 2.64 bits per heavy atom. The van der Waals surface area contributed by atoms with Gasteiger partial charge in [-0.1, -0.05) is 26.1 Å². The summed E-state index contributed by atoms with van der Waals surface area (Å²) in [6.45, 7) is 7.18. The summed E-state index contributed by atoms with van der Waals surface area (Å²) >= 11 is 5.52. The molecule has 1 aliphatic heterocycles. The van der Waals surface area contributed by atoms with Crippen molar-refractivity contribution in [2.45, 2.75) is 26.3 Å². The third kappa shape index (κ3) is 3.57. The predicted octanol–water partition coefficient (Wildman–Crippen LogP) is 4.18. The molecule has 0 spiro atoms. The lowest BCUT2D eigenvalue weighted by Crippen LogP contribution is -2.44. The van der Waals surface area contributed by atoms with E-state index in [9.17, 15) is 10.2 Å². The number of aromatic hydroxyl groups is 2. The number of nitrogens with one attached hydrogen (secondary N) is 2. The summed E-state index contributed by atoms with van der Waals surface area (Å²) in [7, 11) is 0. The molecule has 0 radical (unpaired) electrons. The van der Waals surface area contributed by atoms with Crippen molar-refractivity contribution in [1.82, 2.24) is 9.88 Å². The number of phenolic OH excluding ortho intramolecular Hbond substituents is 2. The van der Waals surface area contributed by atoms with Crippen LogP contribution in [-0.2, 0) is 6.54 Å². The van der Waals surface area contributed by atoms with Gasteiger partial charge < -0.3 is 25.4 Å². The number of fused-ring (bicyclic) bond motifs is 1. The van der Waals surface area contributed by atoms with Crippen molar-refractivity contribution in [2.75, 3.05) is 18.4 Å². The SMILES string of the molecule is CC(C)c1cc(C(=S)Nc2ccc3c(ccn3CC3CNC3)c2)c(O)cc1O. The maximum absolute atomic E-state index is 10.2. The zero-order chi connectivity index (χ0) is 19.8.